The Labute approximate surface area is 170 Å². The summed E-state index contributed by atoms with van der Waals surface area (Å²) < 4.78 is 4.71. The molecule has 8 nitrogen and oxygen atoms in total. The molecule has 0 fully saturated rings. The molecule has 2 aromatic rings. The predicted molar refractivity (Wildman–Crippen MR) is 100 cm³/mol. The van der Waals surface area contributed by atoms with Crippen LogP contribution in [0.1, 0.15) is 42.5 Å². The lowest BCUT2D eigenvalue weighted by Gasteiger charge is -2.01. The predicted octanol–water partition coefficient (Wildman–Crippen LogP) is 4.71. The van der Waals surface area contributed by atoms with Gasteiger partial charge in [-0.05, 0) is 19.1 Å². The smallest absolute Gasteiger partial charge is 0.341 e. The molecule has 0 atom stereocenters. The molecule has 0 unspecified atom stereocenters. The normalized spacial score (nSPS) is 8.96. The highest BCUT2D eigenvalue weighted by molar-refractivity contribution is 6.34. The summed E-state index contributed by atoms with van der Waals surface area (Å²) >= 11 is 21.9. The highest BCUT2D eigenvalue weighted by Crippen LogP contribution is 2.16. The lowest BCUT2D eigenvalue weighted by atomic mass is 10.3. The summed E-state index contributed by atoms with van der Waals surface area (Å²) in [5.41, 5.74) is -0.0183. The van der Waals surface area contributed by atoms with Crippen molar-refractivity contribution < 1.29 is 19.4 Å². The first kappa shape index (κ1) is 26.5. The van der Waals surface area contributed by atoms with E-state index in [9.17, 15) is 9.59 Å². The molecule has 0 saturated carbocycles. The van der Waals surface area contributed by atoms with E-state index >= 15 is 0 Å². The number of carboxylic acid groups (broad SMARTS) is 1. The van der Waals surface area contributed by atoms with Gasteiger partial charge in [-0.15, -0.1) is 20.4 Å². The molecule has 0 spiro atoms. The Morgan fingerprint density at radius 3 is 1.73 bits per heavy atom. The summed E-state index contributed by atoms with van der Waals surface area (Å²) in [6, 6.07) is 2.45. The highest BCUT2D eigenvalue weighted by atomic mass is 35.5. The molecule has 2 rings (SSSR count). The van der Waals surface area contributed by atoms with E-state index in [4.69, 9.17) is 56.2 Å². The zero-order chi connectivity index (χ0) is 18.3. The maximum absolute atomic E-state index is 11.2. The van der Waals surface area contributed by atoms with Gasteiger partial charge in [0.1, 0.15) is 11.1 Å². The van der Waals surface area contributed by atoms with Crippen LogP contribution in [0.15, 0.2) is 12.1 Å². The highest BCUT2D eigenvalue weighted by Gasteiger charge is 2.13. The van der Waals surface area contributed by atoms with Gasteiger partial charge in [-0.25, -0.2) is 9.59 Å². The molecule has 1 N–H and O–H groups in total. The summed E-state index contributed by atoms with van der Waals surface area (Å²) in [6.07, 6.45) is 0. The molecule has 0 aliphatic carbocycles. The van der Waals surface area contributed by atoms with Crippen LogP contribution in [0.4, 0.5) is 0 Å². The van der Waals surface area contributed by atoms with Crippen molar-refractivity contribution in [1.29, 1.82) is 0 Å². The Hall–Kier alpha value is -1.74. The summed E-state index contributed by atoms with van der Waals surface area (Å²) in [6.45, 7) is 1.97. The molecule has 2 heterocycles. The van der Waals surface area contributed by atoms with Gasteiger partial charge in [0.05, 0.1) is 6.61 Å². The van der Waals surface area contributed by atoms with Crippen LogP contribution in [0.5, 0.6) is 0 Å². The fourth-order valence-corrected chi connectivity index (χ4v) is 1.84. The molecule has 0 radical (unpaired) electrons. The zero-order valence-electron chi connectivity index (χ0n) is 11.8. The van der Waals surface area contributed by atoms with Crippen molar-refractivity contribution >= 4 is 58.3 Å². The van der Waals surface area contributed by atoms with Gasteiger partial charge in [0.15, 0.2) is 20.6 Å². The van der Waals surface area contributed by atoms with Gasteiger partial charge in [0, 0.05) is 0 Å². The monoisotopic (exact) mass is 444 g/mol. The lowest BCUT2D eigenvalue weighted by Crippen LogP contribution is -2.06. The van der Waals surface area contributed by atoms with Crippen molar-refractivity contribution in [3.8, 4) is 0 Å². The van der Waals surface area contributed by atoms with Crippen molar-refractivity contribution in [2.24, 2.45) is 0 Å². The standard InChI is InChI=1S/C7H6Cl2N2O2.C5H2Cl2N2O2.2CH4/c1-2-13-7(12)4-3-5(8)10-11-6(4)9;6-3-1-2(5(10)11)4(7)9-8-3;;/h3H,2H2,1H3;1H,(H,10,11);2*1H4. The second-order valence-corrected chi connectivity index (χ2v) is 5.26. The van der Waals surface area contributed by atoms with Gasteiger partial charge in [-0.2, -0.15) is 0 Å². The number of carbonyl (C=O) groups is 2. The summed E-state index contributed by atoms with van der Waals surface area (Å²) in [7, 11) is 0. The third kappa shape index (κ3) is 8.09. The number of aromatic carboxylic acids is 1. The number of hydrogen-bond acceptors (Lipinski definition) is 7. The number of ether oxygens (including phenoxy) is 1. The number of carboxylic acids is 1. The number of carbonyl (C=O) groups excluding carboxylic acids is 1. The second-order valence-electron chi connectivity index (χ2n) is 3.77. The van der Waals surface area contributed by atoms with E-state index in [-0.39, 0.29) is 53.2 Å². The van der Waals surface area contributed by atoms with Crippen LogP contribution in [-0.2, 0) is 4.74 Å². The molecule has 0 bridgehead atoms. The number of hydrogen-bond donors (Lipinski definition) is 1. The zero-order valence-corrected chi connectivity index (χ0v) is 14.9. The number of esters is 1. The first-order valence-corrected chi connectivity index (χ1v) is 7.55. The SMILES string of the molecule is C.C.CCOC(=O)c1cc(Cl)nnc1Cl.O=C(O)c1cc(Cl)nnc1Cl. The summed E-state index contributed by atoms with van der Waals surface area (Å²) in [4.78, 5) is 21.5. The molecule has 12 heteroatoms. The van der Waals surface area contributed by atoms with E-state index in [1.54, 1.807) is 6.92 Å². The van der Waals surface area contributed by atoms with Crippen molar-refractivity contribution in [1.82, 2.24) is 20.4 Å². The van der Waals surface area contributed by atoms with Crippen LogP contribution in [0.25, 0.3) is 0 Å². The quantitative estimate of drug-likeness (QED) is 0.674. The average Bonchev–Trinajstić information content (AvgIpc) is 2.52. The van der Waals surface area contributed by atoms with E-state index < -0.39 is 11.9 Å². The van der Waals surface area contributed by atoms with Gasteiger partial charge in [-0.3, -0.25) is 0 Å². The van der Waals surface area contributed by atoms with Crippen LogP contribution in [-0.4, -0.2) is 44.0 Å². The van der Waals surface area contributed by atoms with Gasteiger partial charge in [0.2, 0.25) is 0 Å². The van der Waals surface area contributed by atoms with Crippen LogP contribution in [0, 0.1) is 0 Å². The van der Waals surface area contributed by atoms with E-state index in [1.165, 1.54) is 6.07 Å². The Bertz CT molecular complexity index is 762. The molecule has 0 aliphatic rings. The fourth-order valence-electron chi connectivity index (χ4n) is 1.21. The largest absolute Gasteiger partial charge is 0.478 e. The number of halogens is 4. The Morgan fingerprint density at radius 1 is 0.923 bits per heavy atom. The van der Waals surface area contributed by atoms with Gasteiger partial charge in [0.25, 0.3) is 0 Å². The summed E-state index contributed by atoms with van der Waals surface area (Å²) in [5, 5.41) is 22.0. The first-order valence-electron chi connectivity index (χ1n) is 6.04. The van der Waals surface area contributed by atoms with Crippen LogP contribution in [0.3, 0.4) is 0 Å². The minimum absolute atomic E-state index is 0. The van der Waals surface area contributed by atoms with Crippen molar-refractivity contribution in [3.63, 3.8) is 0 Å². The van der Waals surface area contributed by atoms with Gasteiger partial charge < -0.3 is 9.84 Å². The van der Waals surface area contributed by atoms with Gasteiger partial charge in [-0.1, -0.05) is 61.3 Å². The van der Waals surface area contributed by atoms with Crippen molar-refractivity contribution in [3.05, 3.63) is 43.9 Å². The average molecular weight is 446 g/mol. The van der Waals surface area contributed by atoms with E-state index in [1.807, 2.05) is 0 Å². The van der Waals surface area contributed by atoms with Crippen molar-refractivity contribution in [2.45, 2.75) is 21.8 Å². The van der Waals surface area contributed by atoms with E-state index in [0.29, 0.717) is 0 Å². The minimum Gasteiger partial charge on any atom is -0.478 e. The van der Waals surface area contributed by atoms with Crippen molar-refractivity contribution in [2.75, 3.05) is 6.61 Å². The number of rotatable bonds is 3. The molecule has 0 amide bonds. The topological polar surface area (TPSA) is 115 Å². The second kappa shape index (κ2) is 12.6. The maximum atomic E-state index is 11.2. The maximum Gasteiger partial charge on any atom is 0.341 e. The van der Waals surface area contributed by atoms with Crippen LogP contribution >= 0.6 is 46.4 Å². The molecule has 0 saturated heterocycles. The molecule has 0 aliphatic heterocycles. The van der Waals surface area contributed by atoms with Gasteiger partial charge >= 0.3 is 11.9 Å². The van der Waals surface area contributed by atoms with E-state index in [0.717, 1.165) is 6.07 Å². The van der Waals surface area contributed by atoms with E-state index in [2.05, 4.69) is 20.4 Å². The third-order valence-corrected chi connectivity index (χ3v) is 3.09. The Kier molecular flexibility index (Phi) is 12.8. The Balaban J connectivity index is 0. The molecule has 26 heavy (non-hydrogen) atoms. The number of nitrogens with zero attached hydrogens (tertiary/aromatic N) is 4. The minimum atomic E-state index is -1.17. The van der Waals surface area contributed by atoms with Crippen LogP contribution < -0.4 is 0 Å². The molecular weight excluding hydrogens is 430 g/mol. The lowest BCUT2D eigenvalue weighted by molar-refractivity contribution is 0.0525. The molecular formula is C14H16Cl4N4O4. The first-order chi connectivity index (χ1) is 11.3. The molecule has 144 valence electrons. The summed E-state index contributed by atoms with van der Waals surface area (Å²) in [5.74, 6) is -1.73. The number of aromatic nitrogens is 4. The Morgan fingerprint density at radius 2 is 1.35 bits per heavy atom. The molecule has 0 aromatic carbocycles. The third-order valence-electron chi connectivity index (χ3n) is 2.16. The fraction of sp³-hybridized carbons (Fsp3) is 0.286. The van der Waals surface area contributed by atoms with Crippen LogP contribution in [0.2, 0.25) is 20.6 Å². The molecule has 2 aromatic heterocycles.